The standard InChI is InChI=1S/C13H19N5O3/c1-8(19)7-17-5-4-6-18-9-10(14-12(17)18)15(2)13(21)16(3)11(9)20/h8,19H,4-7H2,1-3H3. The van der Waals surface area contributed by atoms with E-state index >= 15 is 0 Å². The van der Waals surface area contributed by atoms with Crippen LogP contribution in [0.4, 0.5) is 5.95 Å². The molecule has 0 saturated carbocycles. The topological polar surface area (TPSA) is 85.3 Å². The first kappa shape index (κ1) is 13.9. The molecule has 3 rings (SSSR count). The Morgan fingerprint density at radius 1 is 1.24 bits per heavy atom. The van der Waals surface area contributed by atoms with Crippen LogP contribution in [-0.2, 0) is 20.6 Å². The van der Waals surface area contributed by atoms with Gasteiger partial charge in [0.1, 0.15) is 0 Å². The van der Waals surface area contributed by atoms with Crippen LogP contribution in [0.25, 0.3) is 11.2 Å². The molecule has 2 aromatic rings. The van der Waals surface area contributed by atoms with E-state index in [9.17, 15) is 14.7 Å². The third-order valence-electron chi connectivity index (χ3n) is 3.91. The van der Waals surface area contributed by atoms with Crippen molar-refractivity contribution in [2.75, 3.05) is 18.0 Å². The monoisotopic (exact) mass is 293 g/mol. The van der Waals surface area contributed by atoms with Crippen LogP contribution < -0.4 is 16.1 Å². The van der Waals surface area contributed by atoms with Gasteiger partial charge in [0.2, 0.25) is 5.95 Å². The minimum absolute atomic E-state index is 0.328. The molecular formula is C13H19N5O3. The van der Waals surface area contributed by atoms with Gasteiger partial charge in [-0.15, -0.1) is 0 Å². The van der Waals surface area contributed by atoms with Gasteiger partial charge < -0.3 is 14.6 Å². The normalized spacial score (nSPS) is 16.3. The van der Waals surface area contributed by atoms with Gasteiger partial charge in [-0.25, -0.2) is 4.79 Å². The second-order valence-corrected chi connectivity index (χ2v) is 5.59. The van der Waals surface area contributed by atoms with Gasteiger partial charge in [0.25, 0.3) is 5.56 Å². The van der Waals surface area contributed by atoms with Crippen LogP contribution in [0.3, 0.4) is 0 Å². The molecule has 1 atom stereocenters. The first-order chi connectivity index (χ1) is 9.91. The number of aliphatic hydroxyl groups is 1. The zero-order valence-corrected chi connectivity index (χ0v) is 12.4. The van der Waals surface area contributed by atoms with Crippen LogP contribution in [-0.4, -0.2) is 43.0 Å². The molecule has 0 radical (unpaired) electrons. The zero-order valence-electron chi connectivity index (χ0n) is 12.4. The second kappa shape index (κ2) is 4.73. The van der Waals surface area contributed by atoms with Crippen molar-refractivity contribution >= 4 is 17.1 Å². The van der Waals surface area contributed by atoms with Crippen molar-refractivity contribution in [2.45, 2.75) is 26.0 Å². The SMILES string of the molecule is CC(O)CN1CCCn2c1nc1c2c(=O)n(C)c(=O)n1C. The first-order valence-corrected chi connectivity index (χ1v) is 7.01. The average molecular weight is 293 g/mol. The summed E-state index contributed by atoms with van der Waals surface area (Å²) in [6.45, 7) is 3.64. The van der Waals surface area contributed by atoms with E-state index in [1.54, 1.807) is 14.0 Å². The van der Waals surface area contributed by atoms with Crippen molar-refractivity contribution in [2.24, 2.45) is 14.1 Å². The number of aromatic nitrogens is 4. The Kier molecular flexibility index (Phi) is 3.12. The Bertz CT molecular complexity index is 814. The zero-order chi connectivity index (χ0) is 15.3. The van der Waals surface area contributed by atoms with Gasteiger partial charge in [0.05, 0.1) is 6.10 Å². The number of hydrogen-bond donors (Lipinski definition) is 1. The Balaban J connectivity index is 2.31. The molecule has 114 valence electrons. The van der Waals surface area contributed by atoms with E-state index in [0.29, 0.717) is 30.2 Å². The number of hydrogen-bond acceptors (Lipinski definition) is 5. The van der Waals surface area contributed by atoms with Crippen molar-refractivity contribution in [1.29, 1.82) is 0 Å². The minimum atomic E-state index is -0.483. The molecule has 3 heterocycles. The molecule has 1 aliphatic heterocycles. The van der Waals surface area contributed by atoms with Crippen molar-refractivity contribution in [3.63, 3.8) is 0 Å². The van der Waals surface area contributed by atoms with Gasteiger partial charge in [0.15, 0.2) is 11.2 Å². The molecule has 0 saturated heterocycles. The lowest BCUT2D eigenvalue weighted by Gasteiger charge is -2.29. The van der Waals surface area contributed by atoms with Gasteiger partial charge in [-0.1, -0.05) is 0 Å². The molecule has 2 aromatic heterocycles. The second-order valence-electron chi connectivity index (χ2n) is 5.59. The van der Waals surface area contributed by atoms with Gasteiger partial charge in [-0.2, -0.15) is 4.98 Å². The van der Waals surface area contributed by atoms with Crippen molar-refractivity contribution in [3.8, 4) is 0 Å². The number of fused-ring (bicyclic) bond motifs is 3. The van der Waals surface area contributed by atoms with Gasteiger partial charge in [-0.05, 0) is 13.3 Å². The van der Waals surface area contributed by atoms with E-state index in [2.05, 4.69) is 4.98 Å². The highest BCUT2D eigenvalue weighted by molar-refractivity contribution is 5.74. The maximum absolute atomic E-state index is 12.4. The molecule has 0 aromatic carbocycles. The van der Waals surface area contributed by atoms with Crippen molar-refractivity contribution < 1.29 is 5.11 Å². The minimum Gasteiger partial charge on any atom is -0.392 e. The number of aryl methyl sites for hydroxylation is 2. The number of nitrogens with zero attached hydrogens (tertiary/aromatic N) is 5. The van der Waals surface area contributed by atoms with E-state index in [1.165, 1.54) is 11.6 Å². The highest BCUT2D eigenvalue weighted by Crippen LogP contribution is 2.24. The summed E-state index contributed by atoms with van der Waals surface area (Å²) in [4.78, 5) is 30.8. The van der Waals surface area contributed by atoms with E-state index in [0.717, 1.165) is 17.5 Å². The predicted molar refractivity (Wildman–Crippen MR) is 78.7 cm³/mol. The Hall–Kier alpha value is -2.09. The smallest absolute Gasteiger partial charge is 0.332 e. The molecule has 21 heavy (non-hydrogen) atoms. The average Bonchev–Trinajstić information content (AvgIpc) is 2.83. The molecular weight excluding hydrogens is 274 g/mol. The number of imidazole rings is 1. The molecule has 0 amide bonds. The molecule has 0 spiro atoms. The van der Waals surface area contributed by atoms with Gasteiger partial charge >= 0.3 is 5.69 Å². The summed E-state index contributed by atoms with van der Waals surface area (Å²) in [6, 6.07) is 0. The molecule has 1 aliphatic rings. The van der Waals surface area contributed by atoms with Crippen LogP contribution in [0.5, 0.6) is 0 Å². The number of rotatable bonds is 2. The van der Waals surface area contributed by atoms with E-state index in [1.807, 2.05) is 9.47 Å². The maximum Gasteiger partial charge on any atom is 0.332 e. The van der Waals surface area contributed by atoms with Crippen LogP contribution in [0.2, 0.25) is 0 Å². The summed E-state index contributed by atoms with van der Waals surface area (Å²) in [7, 11) is 3.09. The summed E-state index contributed by atoms with van der Waals surface area (Å²) in [5, 5.41) is 9.60. The van der Waals surface area contributed by atoms with E-state index < -0.39 is 6.10 Å². The van der Waals surface area contributed by atoms with Crippen LogP contribution >= 0.6 is 0 Å². The number of β-amino-alcohol motifs (C(OH)–C–C–N with tert-alkyl or cyclic N) is 1. The Morgan fingerprint density at radius 3 is 2.62 bits per heavy atom. The van der Waals surface area contributed by atoms with Crippen molar-refractivity contribution in [1.82, 2.24) is 18.7 Å². The lowest BCUT2D eigenvalue weighted by Crippen LogP contribution is -2.39. The Morgan fingerprint density at radius 2 is 1.95 bits per heavy atom. The molecule has 1 N–H and O–H groups in total. The summed E-state index contributed by atoms with van der Waals surface area (Å²) in [5.74, 6) is 0.649. The van der Waals surface area contributed by atoms with Crippen LogP contribution in [0.1, 0.15) is 13.3 Å². The first-order valence-electron chi connectivity index (χ1n) is 7.01. The van der Waals surface area contributed by atoms with E-state index in [-0.39, 0.29) is 11.2 Å². The summed E-state index contributed by atoms with van der Waals surface area (Å²) in [6.07, 6.45) is 0.389. The highest BCUT2D eigenvalue weighted by atomic mass is 16.3. The lowest BCUT2D eigenvalue weighted by molar-refractivity contribution is 0.198. The quantitative estimate of drug-likeness (QED) is 0.769. The largest absolute Gasteiger partial charge is 0.392 e. The predicted octanol–water partition coefficient (Wildman–Crippen LogP) is -0.975. The molecule has 0 aliphatic carbocycles. The summed E-state index contributed by atoms with van der Waals surface area (Å²) in [5.41, 5.74) is 0.135. The fraction of sp³-hybridized carbons (Fsp3) is 0.615. The maximum atomic E-state index is 12.4. The summed E-state index contributed by atoms with van der Waals surface area (Å²) < 4.78 is 4.34. The van der Waals surface area contributed by atoms with Crippen LogP contribution in [0, 0.1) is 0 Å². The third-order valence-corrected chi connectivity index (χ3v) is 3.91. The van der Waals surface area contributed by atoms with Crippen molar-refractivity contribution in [3.05, 3.63) is 20.8 Å². The van der Waals surface area contributed by atoms with Crippen LogP contribution in [0.15, 0.2) is 9.59 Å². The van der Waals surface area contributed by atoms with Gasteiger partial charge in [-0.3, -0.25) is 13.9 Å². The van der Waals surface area contributed by atoms with Gasteiger partial charge in [0, 0.05) is 33.7 Å². The third kappa shape index (κ3) is 1.98. The molecule has 0 fully saturated rings. The molecule has 8 heteroatoms. The molecule has 0 bridgehead atoms. The summed E-state index contributed by atoms with van der Waals surface area (Å²) >= 11 is 0. The highest BCUT2D eigenvalue weighted by Gasteiger charge is 2.25. The van der Waals surface area contributed by atoms with E-state index in [4.69, 9.17) is 0 Å². The molecule has 1 unspecified atom stereocenters. The lowest BCUT2D eigenvalue weighted by atomic mass is 10.3. The Labute approximate surface area is 120 Å². The fourth-order valence-electron chi connectivity index (χ4n) is 2.90. The number of aliphatic hydroxyl groups excluding tert-OH is 1. The fourth-order valence-corrected chi connectivity index (χ4v) is 2.90. The number of anilines is 1. The molecule has 8 nitrogen and oxygen atoms in total.